The molecule has 0 aliphatic heterocycles. The van der Waals surface area contributed by atoms with E-state index in [0.29, 0.717) is 5.92 Å². The van der Waals surface area contributed by atoms with Crippen LogP contribution in [0.1, 0.15) is 67.9 Å². The maximum atomic E-state index is 2.48. The number of hydrogen-bond acceptors (Lipinski definition) is 1. The van der Waals surface area contributed by atoms with Gasteiger partial charge in [-0.05, 0) is 126 Å². The Morgan fingerprint density at radius 1 is 0.393 bits per heavy atom. The lowest BCUT2D eigenvalue weighted by Crippen LogP contribution is -2.18. The topological polar surface area (TPSA) is 3.24 Å². The first-order valence-electron chi connectivity index (χ1n) is 21.8. The summed E-state index contributed by atoms with van der Waals surface area (Å²) >= 11 is 0. The van der Waals surface area contributed by atoms with Gasteiger partial charge in [0.1, 0.15) is 0 Å². The van der Waals surface area contributed by atoms with Crippen LogP contribution in [0.3, 0.4) is 0 Å². The van der Waals surface area contributed by atoms with E-state index in [1.165, 1.54) is 89.1 Å². The van der Waals surface area contributed by atoms with Crippen molar-refractivity contribution in [3.8, 4) is 55.6 Å². The normalized spacial score (nSPS) is 16.3. The van der Waals surface area contributed by atoms with E-state index in [1.807, 2.05) is 0 Å². The average molecular weight is 784 g/mol. The molecule has 0 N–H and O–H groups in total. The molecule has 61 heavy (non-hydrogen) atoms. The van der Waals surface area contributed by atoms with Crippen molar-refractivity contribution in [3.63, 3.8) is 0 Å². The summed E-state index contributed by atoms with van der Waals surface area (Å²) in [6.45, 7) is 9.45. The fourth-order valence-corrected chi connectivity index (χ4v) is 10.4. The molecule has 0 saturated heterocycles. The Morgan fingerprint density at radius 2 is 0.820 bits per heavy atom. The standard InChI is InChI=1S/C60H49N/c1-59(2)55-16-10-8-14-51(55)53-36-28-46(38-57(53)59)44-24-32-49(33-25-44)61(48-30-22-43(23-31-48)42-20-18-41(19-21-42)40-12-6-5-7-13-40)50-34-26-45(27-35-50)47-29-37-54-52-15-9-11-17-56(52)60(3,4)58(54)39-47/h5-26,28-39,45H,27H2,1-4H3. The van der Waals surface area contributed by atoms with Crippen molar-refractivity contribution < 1.29 is 0 Å². The molecule has 0 bridgehead atoms. The van der Waals surface area contributed by atoms with Gasteiger partial charge in [0, 0.05) is 33.8 Å². The second kappa shape index (κ2) is 14.4. The number of fused-ring (bicyclic) bond motifs is 6. The minimum atomic E-state index is -0.0343. The molecule has 294 valence electrons. The summed E-state index contributed by atoms with van der Waals surface area (Å²) < 4.78 is 0. The van der Waals surface area contributed by atoms with Gasteiger partial charge in [0.15, 0.2) is 0 Å². The van der Waals surface area contributed by atoms with Crippen LogP contribution in [0.4, 0.5) is 11.4 Å². The van der Waals surface area contributed by atoms with Gasteiger partial charge in [0.25, 0.3) is 0 Å². The summed E-state index contributed by atoms with van der Waals surface area (Å²) in [4.78, 5) is 2.42. The van der Waals surface area contributed by atoms with Crippen LogP contribution in [0, 0.1) is 0 Å². The van der Waals surface area contributed by atoms with Gasteiger partial charge < -0.3 is 4.90 Å². The molecule has 1 atom stereocenters. The Hall–Kier alpha value is -6.96. The van der Waals surface area contributed by atoms with Gasteiger partial charge in [-0.2, -0.15) is 0 Å². The summed E-state index contributed by atoms with van der Waals surface area (Å²) in [5.41, 5.74) is 23.3. The Morgan fingerprint density at radius 3 is 1.36 bits per heavy atom. The molecule has 1 nitrogen and oxygen atoms in total. The van der Waals surface area contributed by atoms with E-state index >= 15 is 0 Å². The zero-order valence-electron chi connectivity index (χ0n) is 35.4. The molecule has 0 radical (unpaired) electrons. The highest BCUT2D eigenvalue weighted by molar-refractivity contribution is 5.85. The van der Waals surface area contributed by atoms with Gasteiger partial charge in [0.2, 0.25) is 0 Å². The van der Waals surface area contributed by atoms with Crippen LogP contribution < -0.4 is 4.90 Å². The maximum absolute atomic E-state index is 2.48. The van der Waals surface area contributed by atoms with Gasteiger partial charge in [-0.15, -0.1) is 0 Å². The van der Waals surface area contributed by atoms with Crippen molar-refractivity contribution in [1.82, 2.24) is 0 Å². The minimum absolute atomic E-state index is 0.0125. The molecule has 0 fully saturated rings. The first-order valence-corrected chi connectivity index (χ1v) is 21.8. The summed E-state index contributed by atoms with van der Waals surface area (Å²) in [6.07, 6.45) is 8.13. The number of anilines is 2. The number of hydrogen-bond donors (Lipinski definition) is 0. The second-order valence-electron chi connectivity index (χ2n) is 18.1. The highest BCUT2D eigenvalue weighted by atomic mass is 15.1. The molecule has 0 aromatic heterocycles. The van der Waals surface area contributed by atoms with E-state index in [1.54, 1.807) is 0 Å². The molecular formula is C60H49N. The van der Waals surface area contributed by atoms with Gasteiger partial charge >= 0.3 is 0 Å². The third-order valence-electron chi connectivity index (χ3n) is 13.9. The Labute approximate surface area is 361 Å². The van der Waals surface area contributed by atoms with Crippen molar-refractivity contribution in [1.29, 1.82) is 0 Å². The summed E-state index contributed by atoms with van der Waals surface area (Å²) in [5.74, 6) is 0.314. The van der Waals surface area contributed by atoms with Crippen LogP contribution >= 0.6 is 0 Å². The third-order valence-corrected chi connectivity index (χ3v) is 13.9. The number of benzene rings is 8. The van der Waals surface area contributed by atoms with E-state index < -0.39 is 0 Å². The number of nitrogens with zero attached hydrogens (tertiary/aromatic N) is 1. The molecule has 0 heterocycles. The van der Waals surface area contributed by atoms with E-state index in [-0.39, 0.29) is 10.8 Å². The zero-order chi connectivity index (χ0) is 41.3. The van der Waals surface area contributed by atoms with Crippen molar-refractivity contribution in [2.24, 2.45) is 0 Å². The monoisotopic (exact) mass is 783 g/mol. The fourth-order valence-electron chi connectivity index (χ4n) is 10.4. The lowest BCUT2D eigenvalue weighted by Gasteiger charge is -2.30. The van der Waals surface area contributed by atoms with Crippen LogP contribution in [-0.2, 0) is 10.8 Å². The summed E-state index contributed by atoms with van der Waals surface area (Å²) in [6, 6.07) is 69.7. The first-order chi connectivity index (χ1) is 29.7. The maximum Gasteiger partial charge on any atom is 0.0461 e. The SMILES string of the molecule is CC1(C)c2ccccc2-c2ccc(-c3ccc(N(C4=CCC(c5ccc6c(c5)C(C)(C)c5ccccc5-6)C=C4)c4ccc(-c5ccc(-c6ccccc6)cc5)cc4)cc3)cc21. The molecule has 8 aromatic rings. The van der Waals surface area contributed by atoms with Crippen molar-refractivity contribution in [3.05, 3.63) is 240 Å². The van der Waals surface area contributed by atoms with Crippen LogP contribution in [0.5, 0.6) is 0 Å². The Kier molecular flexibility index (Phi) is 8.72. The number of rotatable bonds is 7. The predicted molar refractivity (Wildman–Crippen MR) is 257 cm³/mol. The van der Waals surface area contributed by atoms with Crippen LogP contribution in [0.25, 0.3) is 55.6 Å². The van der Waals surface area contributed by atoms with Gasteiger partial charge in [-0.3, -0.25) is 0 Å². The fraction of sp³-hybridized carbons (Fsp3) is 0.133. The van der Waals surface area contributed by atoms with Crippen LogP contribution in [0.15, 0.2) is 212 Å². The summed E-state index contributed by atoms with van der Waals surface area (Å²) in [7, 11) is 0. The molecule has 0 spiro atoms. The highest BCUT2D eigenvalue weighted by Gasteiger charge is 2.36. The molecule has 0 saturated carbocycles. The second-order valence-corrected chi connectivity index (χ2v) is 18.1. The molecule has 11 rings (SSSR count). The van der Waals surface area contributed by atoms with Crippen molar-refractivity contribution in [2.75, 3.05) is 4.90 Å². The van der Waals surface area contributed by atoms with Gasteiger partial charge in [-0.1, -0.05) is 198 Å². The van der Waals surface area contributed by atoms with Gasteiger partial charge in [-0.25, -0.2) is 0 Å². The average Bonchev–Trinajstić information content (AvgIpc) is 3.69. The molecule has 8 aromatic carbocycles. The largest absolute Gasteiger partial charge is 0.311 e. The van der Waals surface area contributed by atoms with Crippen molar-refractivity contribution >= 4 is 11.4 Å². The molecule has 1 heteroatoms. The van der Waals surface area contributed by atoms with E-state index in [2.05, 4.69) is 239 Å². The predicted octanol–water partition coefficient (Wildman–Crippen LogP) is 16.1. The molecule has 1 unspecified atom stereocenters. The van der Waals surface area contributed by atoms with Crippen LogP contribution in [-0.4, -0.2) is 0 Å². The zero-order valence-corrected chi connectivity index (χ0v) is 35.4. The van der Waals surface area contributed by atoms with Gasteiger partial charge in [0.05, 0.1) is 0 Å². The van der Waals surface area contributed by atoms with E-state index in [9.17, 15) is 0 Å². The lowest BCUT2D eigenvalue weighted by atomic mass is 9.80. The Balaban J connectivity index is 0.911. The van der Waals surface area contributed by atoms with Crippen LogP contribution in [0.2, 0.25) is 0 Å². The van der Waals surface area contributed by atoms with E-state index in [0.717, 1.165) is 17.8 Å². The highest BCUT2D eigenvalue weighted by Crippen LogP contribution is 2.51. The molecular weight excluding hydrogens is 735 g/mol. The summed E-state index contributed by atoms with van der Waals surface area (Å²) in [5, 5.41) is 0. The molecule has 0 amide bonds. The minimum Gasteiger partial charge on any atom is -0.311 e. The third kappa shape index (κ3) is 6.22. The van der Waals surface area contributed by atoms with E-state index in [4.69, 9.17) is 0 Å². The first kappa shape index (κ1) is 37.1. The van der Waals surface area contributed by atoms with Crippen molar-refractivity contribution in [2.45, 2.75) is 50.9 Å². The Bertz CT molecular complexity index is 3010. The quantitative estimate of drug-likeness (QED) is 0.156. The lowest BCUT2D eigenvalue weighted by molar-refractivity contribution is 0.658. The molecule has 3 aliphatic rings. The smallest absolute Gasteiger partial charge is 0.0461 e. The number of allylic oxidation sites excluding steroid dienone is 3. The molecule has 3 aliphatic carbocycles.